The molecule has 83 heavy (non-hydrogen) atoms. The Kier molecular flexibility index (Phi) is 21.5. The summed E-state index contributed by atoms with van der Waals surface area (Å²) < 4.78 is 17.3. The van der Waals surface area contributed by atoms with E-state index in [1.165, 1.54) is 6.92 Å². The van der Waals surface area contributed by atoms with E-state index in [9.17, 15) is 48.3 Å². The van der Waals surface area contributed by atoms with Crippen LogP contribution in [-0.2, 0) is 47.8 Å². The van der Waals surface area contributed by atoms with Gasteiger partial charge in [0.25, 0.3) is 0 Å². The van der Waals surface area contributed by atoms with Gasteiger partial charge in [-0.1, -0.05) is 44.0 Å². The van der Waals surface area contributed by atoms with Crippen molar-refractivity contribution in [2.24, 2.45) is 0 Å². The van der Waals surface area contributed by atoms with Gasteiger partial charge < -0.3 is 24.1 Å². The lowest BCUT2D eigenvalue weighted by Crippen LogP contribution is -2.27. The number of Topliss-reactive ketones (excluding diaryl/α,β-unsaturated/α-hetero) is 9. The fourth-order valence-electron chi connectivity index (χ4n) is 11.4. The first-order chi connectivity index (χ1) is 38.5. The molecule has 13 nitrogen and oxygen atoms in total. The van der Waals surface area contributed by atoms with Crippen LogP contribution in [0.3, 0.4) is 0 Å². The van der Waals surface area contributed by atoms with Gasteiger partial charge in [-0.15, -0.1) is 0 Å². The first kappa shape index (κ1) is 66.8. The van der Waals surface area contributed by atoms with Gasteiger partial charge in [0.05, 0.1) is 22.9 Å². The fourth-order valence-corrected chi connectivity index (χ4v) is 11.4. The molecular weight excluding hydrogens is 1050 g/mol. The number of hydrogen-bond acceptors (Lipinski definition) is 13. The van der Waals surface area contributed by atoms with Crippen molar-refractivity contribution in [2.45, 2.75) is 229 Å². The van der Waals surface area contributed by atoms with Crippen LogP contribution < -0.4 is 0 Å². The largest absolute Gasteiger partial charge is 0.493 e. The second-order valence-electron chi connectivity index (χ2n) is 24.8. The smallest absolute Gasteiger partial charge is 0.190 e. The molecule has 3 saturated heterocycles. The minimum atomic E-state index is -1.01. The van der Waals surface area contributed by atoms with Crippen LogP contribution in [0.25, 0.3) is 0 Å². The number of fused-ring (bicyclic) bond motifs is 1. The van der Waals surface area contributed by atoms with E-state index in [-0.39, 0.29) is 68.9 Å². The highest BCUT2D eigenvalue weighted by Crippen LogP contribution is 2.41. The van der Waals surface area contributed by atoms with Crippen LogP contribution in [0.1, 0.15) is 227 Å². The fraction of sp³-hybridized carbons (Fsp3) is 0.500. The molecular formula is C70H88O13. The third-order valence-electron chi connectivity index (χ3n) is 18.0. The molecule has 13 heteroatoms. The standard InChI is InChI=1S/C19H20O3.C17H24O4.2C17H22O3/c1-12-8-10-19(3,22-12)11-9-14-13(2)17(20)15-6-4-5-7-16(15)18(14)21;1-10(18)6-8-17(5,21)9-7-14-13(4)15(19)11(2)12(3)16(14)20;2*1-10-6-8-17(5,20-10)9-7-14-13(4)15(18)11(2)12(3)16(14)19/h4-7H,1,8-11H2,2-3H3;21H,6-9H2,1-5H3;2*1,6-9H2,2-5H3. The van der Waals surface area contributed by atoms with Gasteiger partial charge in [-0.2, -0.15) is 0 Å². The summed E-state index contributed by atoms with van der Waals surface area (Å²) in [7, 11) is 0. The minimum Gasteiger partial charge on any atom is -0.493 e. The highest BCUT2D eigenvalue weighted by molar-refractivity contribution is 6.27. The van der Waals surface area contributed by atoms with Crippen molar-refractivity contribution in [3.05, 3.63) is 150 Å². The van der Waals surface area contributed by atoms with Crippen LogP contribution in [0.2, 0.25) is 0 Å². The number of carbonyl (C=O) groups excluding carboxylic acids is 9. The lowest BCUT2D eigenvalue weighted by Gasteiger charge is -2.26. The van der Waals surface area contributed by atoms with Gasteiger partial charge in [0, 0.05) is 115 Å². The van der Waals surface area contributed by atoms with Gasteiger partial charge in [-0.3, -0.25) is 38.4 Å². The van der Waals surface area contributed by atoms with Crippen LogP contribution in [0.4, 0.5) is 0 Å². The maximum absolute atomic E-state index is 12.7. The normalized spacial score (nSPS) is 24.6. The Balaban J connectivity index is 0.000000203. The zero-order chi connectivity index (χ0) is 62.4. The van der Waals surface area contributed by atoms with Gasteiger partial charge in [0.1, 0.15) is 22.6 Å². The molecule has 4 unspecified atom stereocenters. The van der Waals surface area contributed by atoms with Gasteiger partial charge in [-0.25, -0.2) is 0 Å². The molecule has 0 amide bonds. The maximum Gasteiger partial charge on any atom is 0.190 e. The van der Waals surface area contributed by atoms with E-state index in [2.05, 4.69) is 19.7 Å². The Labute approximate surface area is 491 Å². The summed E-state index contributed by atoms with van der Waals surface area (Å²) in [6, 6.07) is 7.05. The highest BCUT2D eigenvalue weighted by Gasteiger charge is 2.39. The van der Waals surface area contributed by atoms with Crippen LogP contribution in [0.5, 0.6) is 0 Å². The topological polar surface area (TPSA) is 202 Å². The number of benzene rings is 1. The Morgan fingerprint density at radius 3 is 1.02 bits per heavy atom. The van der Waals surface area contributed by atoms with E-state index < -0.39 is 5.60 Å². The third kappa shape index (κ3) is 15.8. The molecule has 3 fully saturated rings. The summed E-state index contributed by atoms with van der Waals surface area (Å²) >= 11 is 0. The van der Waals surface area contributed by atoms with Crippen molar-refractivity contribution in [2.75, 3.05) is 0 Å². The third-order valence-corrected chi connectivity index (χ3v) is 18.0. The van der Waals surface area contributed by atoms with Crippen molar-refractivity contribution in [3.8, 4) is 0 Å². The number of aliphatic hydroxyl groups is 1. The first-order valence-corrected chi connectivity index (χ1v) is 29.1. The van der Waals surface area contributed by atoms with E-state index in [0.29, 0.717) is 134 Å². The van der Waals surface area contributed by atoms with Gasteiger partial charge >= 0.3 is 0 Å². The minimum absolute atomic E-state index is 0.000923. The molecule has 4 aliphatic carbocycles. The molecule has 3 heterocycles. The predicted octanol–water partition coefficient (Wildman–Crippen LogP) is 14.2. The van der Waals surface area contributed by atoms with Crippen LogP contribution in [-0.4, -0.2) is 79.6 Å². The second-order valence-corrected chi connectivity index (χ2v) is 24.8. The average molecular weight is 1140 g/mol. The van der Waals surface area contributed by atoms with E-state index in [0.717, 1.165) is 75.1 Å². The zero-order valence-electron chi connectivity index (χ0n) is 52.1. The maximum atomic E-state index is 12.7. The number of carbonyl (C=O) groups is 9. The molecule has 0 bridgehead atoms. The van der Waals surface area contributed by atoms with Crippen molar-refractivity contribution < 1.29 is 62.5 Å². The number of ether oxygens (including phenoxy) is 3. The summed E-state index contributed by atoms with van der Waals surface area (Å²) in [5, 5.41) is 10.3. The quantitative estimate of drug-likeness (QED) is 0.163. The molecule has 3 aliphatic heterocycles. The summed E-state index contributed by atoms with van der Waals surface area (Å²) in [5.74, 6) is 2.25. The summed E-state index contributed by atoms with van der Waals surface area (Å²) in [6.07, 6.45) is 10.7. The average Bonchev–Trinajstić information content (AvgIpc) is 4.13. The monoisotopic (exact) mass is 1140 g/mol. The molecule has 0 saturated carbocycles. The molecule has 1 aromatic carbocycles. The summed E-state index contributed by atoms with van der Waals surface area (Å²) in [6.45, 7) is 38.0. The van der Waals surface area contributed by atoms with Crippen molar-refractivity contribution in [1.29, 1.82) is 0 Å². The van der Waals surface area contributed by atoms with E-state index >= 15 is 0 Å². The lowest BCUT2D eigenvalue weighted by molar-refractivity contribution is -0.118. The number of allylic oxidation sites excluding steroid dienone is 17. The number of ketones is 9. The van der Waals surface area contributed by atoms with Crippen LogP contribution >= 0.6 is 0 Å². The molecule has 1 N–H and O–H groups in total. The highest BCUT2D eigenvalue weighted by atomic mass is 16.5. The Morgan fingerprint density at radius 2 is 0.723 bits per heavy atom. The van der Waals surface area contributed by atoms with Crippen molar-refractivity contribution >= 4 is 52.0 Å². The summed E-state index contributed by atoms with van der Waals surface area (Å²) in [4.78, 5) is 109. The molecule has 4 atom stereocenters. The predicted molar refractivity (Wildman–Crippen MR) is 322 cm³/mol. The summed E-state index contributed by atoms with van der Waals surface area (Å²) in [5.41, 5.74) is 7.24. The van der Waals surface area contributed by atoms with Crippen LogP contribution in [0.15, 0.2) is 139 Å². The molecule has 0 spiro atoms. The molecule has 446 valence electrons. The molecule has 0 radical (unpaired) electrons. The van der Waals surface area contributed by atoms with Gasteiger partial charge in [0.2, 0.25) is 0 Å². The lowest BCUT2D eigenvalue weighted by atomic mass is 9.81. The Bertz CT molecular complexity index is 3130. The number of rotatable bonds is 15. The van der Waals surface area contributed by atoms with E-state index in [4.69, 9.17) is 14.2 Å². The Morgan fingerprint density at radius 1 is 0.446 bits per heavy atom. The SMILES string of the molecule is C=C1CCC(C)(CCC2=C(C)C(=O)C(C)=C(C)C2=O)O1.C=C1CCC(C)(CCC2=C(C)C(=O)C(C)=C(C)C2=O)O1.C=C1CCC(C)(CCC2=C(C)C(=O)c3ccccc3C2=O)O1.CC(=O)CCC(C)(O)CCC1=C(C)C(=O)C(C)=C(C)C1=O. The molecule has 8 rings (SSSR count). The second kappa shape index (κ2) is 26.7. The van der Waals surface area contributed by atoms with Crippen molar-refractivity contribution in [1.82, 2.24) is 0 Å². The zero-order valence-corrected chi connectivity index (χ0v) is 52.1. The number of hydrogen-bond donors (Lipinski definition) is 1. The molecule has 7 aliphatic rings. The van der Waals surface area contributed by atoms with Crippen molar-refractivity contribution in [3.63, 3.8) is 0 Å². The molecule has 1 aromatic rings. The Hall–Kier alpha value is -6.99. The van der Waals surface area contributed by atoms with Gasteiger partial charge in [-0.05, 0) is 181 Å². The van der Waals surface area contributed by atoms with Gasteiger partial charge in [0.15, 0.2) is 46.3 Å². The van der Waals surface area contributed by atoms with Crippen LogP contribution in [0, 0.1) is 0 Å². The van der Waals surface area contributed by atoms with E-state index in [1.807, 2.05) is 20.8 Å². The molecule has 0 aromatic heterocycles. The first-order valence-electron chi connectivity index (χ1n) is 29.1. The van der Waals surface area contributed by atoms with E-state index in [1.54, 1.807) is 100 Å².